The molecule has 5 nitrogen and oxygen atoms in total. The molecule has 26 heavy (non-hydrogen) atoms. The van der Waals surface area contributed by atoms with Crippen molar-refractivity contribution in [3.8, 4) is 11.5 Å². The van der Waals surface area contributed by atoms with Gasteiger partial charge in [0, 0.05) is 42.8 Å². The number of halogens is 1. The fourth-order valence-corrected chi connectivity index (χ4v) is 3.26. The molecule has 0 atom stereocenters. The van der Waals surface area contributed by atoms with Gasteiger partial charge in [-0.05, 0) is 30.3 Å². The van der Waals surface area contributed by atoms with E-state index in [0.29, 0.717) is 5.75 Å². The molecule has 6 heteroatoms. The van der Waals surface area contributed by atoms with Crippen LogP contribution in [-0.2, 0) is 11.3 Å². The van der Waals surface area contributed by atoms with Crippen molar-refractivity contribution in [3.05, 3.63) is 58.6 Å². The molecule has 0 radical (unpaired) electrons. The van der Waals surface area contributed by atoms with Crippen molar-refractivity contribution < 1.29 is 14.3 Å². The van der Waals surface area contributed by atoms with Crippen LogP contribution in [0.1, 0.15) is 5.56 Å². The fourth-order valence-electron chi connectivity index (χ4n) is 3.00. The molecule has 0 unspecified atom stereocenters. The number of methoxy groups -OCH3 is 1. The molecule has 1 amide bonds. The van der Waals surface area contributed by atoms with Crippen LogP contribution in [0.2, 0.25) is 0 Å². The molecule has 0 aromatic heterocycles. The molecule has 1 heterocycles. The van der Waals surface area contributed by atoms with Crippen LogP contribution < -0.4 is 9.47 Å². The third-order valence-electron chi connectivity index (χ3n) is 4.49. The lowest BCUT2D eigenvalue weighted by Crippen LogP contribution is -2.49. The zero-order valence-electron chi connectivity index (χ0n) is 14.9. The van der Waals surface area contributed by atoms with Gasteiger partial charge >= 0.3 is 0 Å². The summed E-state index contributed by atoms with van der Waals surface area (Å²) in [5.74, 6) is 1.65. The van der Waals surface area contributed by atoms with E-state index in [1.807, 2.05) is 47.4 Å². The molecule has 0 aliphatic carbocycles. The normalized spacial score (nSPS) is 14.9. The third-order valence-corrected chi connectivity index (χ3v) is 5.02. The number of para-hydroxylation sites is 1. The SMILES string of the molecule is COc1ccccc1CN1CCN(C(=O)COc2ccc(Br)cc2)CC1. The maximum Gasteiger partial charge on any atom is 0.260 e. The number of rotatable bonds is 6. The Bertz CT molecular complexity index is 728. The number of piperazine rings is 1. The van der Waals surface area contributed by atoms with Gasteiger partial charge in [0.05, 0.1) is 7.11 Å². The number of nitrogens with zero attached hydrogens (tertiary/aromatic N) is 2. The maximum absolute atomic E-state index is 12.4. The van der Waals surface area contributed by atoms with Gasteiger partial charge in [0.1, 0.15) is 11.5 Å². The minimum absolute atomic E-state index is 0.0323. The molecule has 1 saturated heterocycles. The van der Waals surface area contributed by atoms with Gasteiger partial charge in [-0.2, -0.15) is 0 Å². The number of benzene rings is 2. The Hall–Kier alpha value is -2.05. The second kappa shape index (κ2) is 9.05. The van der Waals surface area contributed by atoms with Crippen LogP contribution in [-0.4, -0.2) is 55.6 Å². The highest BCUT2D eigenvalue weighted by atomic mass is 79.9. The molecule has 1 aliphatic heterocycles. The summed E-state index contributed by atoms with van der Waals surface area (Å²) in [5, 5.41) is 0. The molecular formula is C20H23BrN2O3. The summed E-state index contributed by atoms with van der Waals surface area (Å²) in [6.07, 6.45) is 0. The average molecular weight is 419 g/mol. The van der Waals surface area contributed by atoms with Crippen LogP contribution in [0.3, 0.4) is 0 Å². The summed E-state index contributed by atoms with van der Waals surface area (Å²) in [6, 6.07) is 15.6. The van der Waals surface area contributed by atoms with Gasteiger partial charge in [0.25, 0.3) is 5.91 Å². The van der Waals surface area contributed by atoms with Gasteiger partial charge in [-0.3, -0.25) is 9.69 Å². The first-order valence-electron chi connectivity index (χ1n) is 8.66. The second-order valence-electron chi connectivity index (χ2n) is 6.21. The molecule has 0 saturated carbocycles. The summed E-state index contributed by atoms with van der Waals surface area (Å²) in [6.45, 7) is 4.05. The van der Waals surface area contributed by atoms with Crippen molar-refractivity contribution in [2.75, 3.05) is 39.9 Å². The number of hydrogen-bond acceptors (Lipinski definition) is 4. The predicted molar refractivity (Wildman–Crippen MR) is 104 cm³/mol. The lowest BCUT2D eigenvalue weighted by Gasteiger charge is -2.34. The first-order valence-corrected chi connectivity index (χ1v) is 9.45. The Morgan fingerprint density at radius 3 is 2.42 bits per heavy atom. The second-order valence-corrected chi connectivity index (χ2v) is 7.13. The molecule has 138 valence electrons. The van der Waals surface area contributed by atoms with E-state index in [4.69, 9.17) is 9.47 Å². The number of hydrogen-bond donors (Lipinski definition) is 0. The van der Waals surface area contributed by atoms with E-state index in [2.05, 4.69) is 26.9 Å². The quantitative estimate of drug-likeness (QED) is 0.722. The lowest BCUT2D eigenvalue weighted by molar-refractivity contribution is -0.135. The van der Waals surface area contributed by atoms with Crippen LogP contribution in [0.25, 0.3) is 0 Å². The van der Waals surface area contributed by atoms with Crippen molar-refractivity contribution in [1.82, 2.24) is 9.80 Å². The van der Waals surface area contributed by atoms with Crippen molar-refractivity contribution in [2.45, 2.75) is 6.54 Å². The summed E-state index contributed by atoms with van der Waals surface area (Å²) in [4.78, 5) is 16.6. The third kappa shape index (κ3) is 4.99. The highest BCUT2D eigenvalue weighted by Crippen LogP contribution is 2.20. The van der Waals surface area contributed by atoms with Gasteiger partial charge in [0.2, 0.25) is 0 Å². The van der Waals surface area contributed by atoms with Crippen molar-refractivity contribution in [3.63, 3.8) is 0 Å². The van der Waals surface area contributed by atoms with E-state index < -0.39 is 0 Å². The van der Waals surface area contributed by atoms with E-state index in [1.165, 1.54) is 5.56 Å². The van der Waals surface area contributed by atoms with Gasteiger partial charge in [-0.1, -0.05) is 34.1 Å². The Balaban J connectivity index is 1.45. The molecule has 1 aliphatic rings. The summed E-state index contributed by atoms with van der Waals surface area (Å²) in [7, 11) is 1.70. The predicted octanol–water partition coefficient (Wildman–Crippen LogP) is 3.18. The van der Waals surface area contributed by atoms with Gasteiger partial charge < -0.3 is 14.4 Å². The van der Waals surface area contributed by atoms with Crippen LogP contribution >= 0.6 is 15.9 Å². The minimum atomic E-state index is 0.0323. The van der Waals surface area contributed by atoms with E-state index in [0.717, 1.165) is 42.9 Å². The molecule has 3 rings (SSSR count). The Labute approximate surface area is 162 Å². The Kier molecular flexibility index (Phi) is 6.52. The Morgan fingerprint density at radius 2 is 1.73 bits per heavy atom. The first-order chi connectivity index (χ1) is 12.7. The van der Waals surface area contributed by atoms with Gasteiger partial charge in [-0.25, -0.2) is 0 Å². The highest BCUT2D eigenvalue weighted by molar-refractivity contribution is 9.10. The van der Waals surface area contributed by atoms with Crippen LogP contribution in [0.5, 0.6) is 11.5 Å². The van der Waals surface area contributed by atoms with Crippen molar-refractivity contribution in [1.29, 1.82) is 0 Å². The van der Waals surface area contributed by atoms with E-state index >= 15 is 0 Å². The monoisotopic (exact) mass is 418 g/mol. The lowest BCUT2D eigenvalue weighted by atomic mass is 10.1. The standard InChI is InChI=1S/C20H23BrN2O3/c1-25-19-5-3-2-4-16(19)14-22-10-12-23(13-11-22)20(24)15-26-18-8-6-17(21)7-9-18/h2-9H,10-15H2,1H3. The van der Waals surface area contributed by atoms with Crippen LogP contribution in [0, 0.1) is 0 Å². The smallest absolute Gasteiger partial charge is 0.260 e. The zero-order valence-corrected chi connectivity index (χ0v) is 16.4. The fraction of sp³-hybridized carbons (Fsp3) is 0.350. The molecule has 0 N–H and O–H groups in total. The van der Waals surface area contributed by atoms with Crippen molar-refractivity contribution in [2.24, 2.45) is 0 Å². The number of ether oxygens (including phenoxy) is 2. The summed E-state index contributed by atoms with van der Waals surface area (Å²) < 4.78 is 12.0. The van der Waals surface area contributed by atoms with E-state index in [1.54, 1.807) is 7.11 Å². The summed E-state index contributed by atoms with van der Waals surface area (Å²) >= 11 is 3.38. The maximum atomic E-state index is 12.4. The molecule has 1 fully saturated rings. The molecule has 2 aromatic carbocycles. The van der Waals surface area contributed by atoms with E-state index in [-0.39, 0.29) is 12.5 Å². The molecular weight excluding hydrogens is 396 g/mol. The van der Waals surface area contributed by atoms with Crippen LogP contribution in [0.4, 0.5) is 0 Å². The number of carbonyl (C=O) groups is 1. The molecule has 0 bridgehead atoms. The average Bonchev–Trinajstić information content (AvgIpc) is 2.68. The van der Waals surface area contributed by atoms with Crippen LogP contribution in [0.15, 0.2) is 53.0 Å². The highest BCUT2D eigenvalue weighted by Gasteiger charge is 2.22. The number of carbonyl (C=O) groups excluding carboxylic acids is 1. The first kappa shape index (κ1) is 18.7. The zero-order chi connectivity index (χ0) is 18.4. The topological polar surface area (TPSA) is 42.0 Å². The van der Waals surface area contributed by atoms with Gasteiger partial charge in [-0.15, -0.1) is 0 Å². The molecule has 0 spiro atoms. The minimum Gasteiger partial charge on any atom is -0.496 e. The van der Waals surface area contributed by atoms with Gasteiger partial charge in [0.15, 0.2) is 6.61 Å². The summed E-state index contributed by atoms with van der Waals surface area (Å²) in [5.41, 5.74) is 1.17. The number of amides is 1. The van der Waals surface area contributed by atoms with E-state index in [9.17, 15) is 4.79 Å². The molecule has 2 aromatic rings. The largest absolute Gasteiger partial charge is 0.496 e. The Morgan fingerprint density at radius 1 is 1.04 bits per heavy atom. The van der Waals surface area contributed by atoms with Crippen molar-refractivity contribution >= 4 is 21.8 Å².